The third kappa shape index (κ3) is 5.37. The number of nitrogens with one attached hydrogen (secondary N) is 3. The molecule has 1 aliphatic rings. The predicted octanol–water partition coefficient (Wildman–Crippen LogP) is 4.78. The molecule has 1 heterocycles. The van der Waals surface area contributed by atoms with E-state index in [-0.39, 0.29) is 36.3 Å². The summed E-state index contributed by atoms with van der Waals surface area (Å²) < 4.78 is 0. The normalized spacial score (nSPS) is 18.0. The van der Waals surface area contributed by atoms with Crippen LogP contribution in [-0.2, 0) is 0 Å². The molecule has 8 heteroatoms. The number of carbonyl (C=O) groups is 2. The first-order chi connectivity index (χ1) is 14.9. The molecule has 3 N–H and O–H groups in total. The summed E-state index contributed by atoms with van der Waals surface area (Å²) in [5.41, 5.74) is 3.02. The number of anilines is 1. The number of amides is 2. The molecule has 1 saturated carbocycles. The molecule has 3 aromatic rings. The minimum atomic E-state index is -0.172. The van der Waals surface area contributed by atoms with Gasteiger partial charge in [-0.3, -0.25) is 9.59 Å². The molecule has 2 amide bonds. The number of nitrogens with zero attached hydrogens (tertiary/aromatic N) is 1. The van der Waals surface area contributed by atoms with Gasteiger partial charge in [-0.1, -0.05) is 24.4 Å². The second-order valence-corrected chi connectivity index (χ2v) is 8.74. The van der Waals surface area contributed by atoms with E-state index in [0.717, 1.165) is 42.3 Å². The number of halogens is 2. The number of rotatable bonds is 5. The second-order valence-electron chi connectivity index (χ2n) is 8.30. The molecule has 2 aromatic carbocycles. The largest absolute Gasteiger partial charge is 0.378 e. The van der Waals surface area contributed by atoms with Crippen LogP contribution in [0, 0.1) is 0 Å². The van der Waals surface area contributed by atoms with Gasteiger partial charge in [-0.25, -0.2) is 0 Å². The minimum absolute atomic E-state index is 0. The van der Waals surface area contributed by atoms with Crippen LogP contribution in [0.25, 0.3) is 10.9 Å². The highest BCUT2D eigenvalue weighted by atomic mass is 35.5. The lowest BCUT2D eigenvalue weighted by Gasteiger charge is -2.32. The van der Waals surface area contributed by atoms with Crippen molar-refractivity contribution in [2.45, 2.75) is 37.8 Å². The number of aromatic nitrogens is 1. The van der Waals surface area contributed by atoms with Gasteiger partial charge in [-0.2, -0.15) is 0 Å². The third-order valence-electron chi connectivity index (χ3n) is 5.87. The van der Waals surface area contributed by atoms with Crippen molar-refractivity contribution in [3.05, 3.63) is 64.8 Å². The molecule has 4 rings (SSSR count). The highest BCUT2D eigenvalue weighted by molar-refractivity contribution is 6.31. The zero-order valence-corrected chi connectivity index (χ0v) is 19.7. The second kappa shape index (κ2) is 10.3. The maximum atomic E-state index is 12.9. The Morgan fingerprint density at radius 1 is 0.938 bits per heavy atom. The number of benzene rings is 2. The van der Waals surface area contributed by atoms with Crippen molar-refractivity contribution in [1.82, 2.24) is 15.6 Å². The van der Waals surface area contributed by atoms with Crippen LogP contribution in [0.5, 0.6) is 0 Å². The number of aromatic amines is 1. The molecule has 1 fully saturated rings. The average Bonchev–Trinajstić information content (AvgIpc) is 3.18. The molecule has 0 saturated heterocycles. The Morgan fingerprint density at radius 2 is 1.56 bits per heavy atom. The van der Waals surface area contributed by atoms with E-state index in [1.165, 1.54) is 0 Å². The minimum Gasteiger partial charge on any atom is -0.378 e. The van der Waals surface area contributed by atoms with Gasteiger partial charge in [0.1, 0.15) is 5.69 Å². The number of hydrogen-bond donors (Lipinski definition) is 3. The van der Waals surface area contributed by atoms with Crippen molar-refractivity contribution < 1.29 is 9.59 Å². The number of fused-ring (bicyclic) bond motifs is 1. The van der Waals surface area contributed by atoms with Crippen molar-refractivity contribution in [3.63, 3.8) is 0 Å². The molecular formula is C24H28Cl2N4O2. The van der Waals surface area contributed by atoms with Gasteiger partial charge in [-0.05, 0) is 61.4 Å². The molecule has 0 spiro atoms. The summed E-state index contributed by atoms with van der Waals surface area (Å²) in [6.07, 6.45) is 3.73. The number of H-pyrrole nitrogens is 1. The Labute approximate surface area is 199 Å². The zero-order valence-electron chi connectivity index (χ0n) is 18.2. The molecular weight excluding hydrogens is 447 g/mol. The van der Waals surface area contributed by atoms with Crippen molar-refractivity contribution in [1.29, 1.82) is 0 Å². The van der Waals surface area contributed by atoms with Gasteiger partial charge >= 0.3 is 0 Å². The van der Waals surface area contributed by atoms with Gasteiger partial charge in [0.05, 0.1) is 0 Å². The summed E-state index contributed by atoms with van der Waals surface area (Å²) in [4.78, 5) is 30.8. The van der Waals surface area contributed by atoms with Gasteiger partial charge in [0.2, 0.25) is 0 Å². The van der Waals surface area contributed by atoms with Crippen molar-refractivity contribution in [2.24, 2.45) is 0 Å². The topological polar surface area (TPSA) is 77.2 Å². The Bertz CT molecular complexity index is 1100. The molecule has 0 aliphatic heterocycles. The lowest BCUT2D eigenvalue weighted by molar-refractivity contribution is 0.0860. The Morgan fingerprint density at radius 3 is 2.19 bits per heavy atom. The summed E-state index contributed by atoms with van der Waals surface area (Å²) in [5.74, 6) is -0.287. The molecule has 1 aliphatic carbocycles. The molecule has 32 heavy (non-hydrogen) atoms. The van der Waals surface area contributed by atoms with E-state index in [1.54, 1.807) is 12.1 Å². The van der Waals surface area contributed by atoms with E-state index in [0.29, 0.717) is 16.3 Å². The number of hydrogen-bond acceptors (Lipinski definition) is 3. The summed E-state index contributed by atoms with van der Waals surface area (Å²) in [6.45, 7) is 0. The van der Waals surface area contributed by atoms with E-state index < -0.39 is 0 Å². The van der Waals surface area contributed by atoms with E-state index in [1.807, 2.05) is 55.4 Å². The Kier molecular flexibility index (Phi) is 7.69. The first-order valence-electron chi connectivity index (χ1n) is 10.6. The standard InChI is InChI=1S/C24H27ClN4O2.ClH/c1-29(2)18-10-7-15(8-11-18)23(30)27-20-5-3-4-6-21(20)28-24(31)22-14-16-13-17(25)9-12-19(16)26-22;/h7-14,20-21,26H,3-6H2,1-2H3,(H,27,30)(H,28,31);1H/t20-,21+;/m0./s1. The fraction of sp³-hybridized carbons (Fsp3) is 0.333. The van der Waals surface area contributed by atoms with Gasteiger partial charge in [0.25, 0.3) is 11.8 Å². The van der Waals surface area contributed by atoms with Crippen LogP contribution in [0.1, 0.15) is 46.5 Å². The van der Waals surface area contributed by atoms with E-state index in [2.05, 4.69) is 15.6 Å². The Hall–Kier alpha value is -2.70. The van der Waals surface area contributed by atoms with Crippen LogP contribution >= 0.6 is 24.0 Å². The van der Waals surface area contributed by atoms with Crippen LogP contribution in [-0.4, -0.2) is 43.0 Å². The summed E-state index contributed by atoms with van der Waals surface area (Å²) >= 11 is 6.05. The molecule has 0 radical (unpaired) electrons. The zero-order chi connectivity index (χ0) is 22.0. The lowest BCUT2D eigenvalue weighted by Crippen LogP contribution is -2.53. The van der Waals surface area contributed by atoms with Crippen LogP contribution in [0.15, 0.2) is 48.5 Å². The van der Waals surface area contributed by atoms with E-state index in [9.17, 15) is 9.59 Å². The summed E-state index contributed by atoms with van der Waals surface area (Å²) in [5, 5.41) is 7.77. The van der Waals surface area contributed by atoms with Crippen molar-refractivity contribution >= 4 is 52.4 Å². The third-order valence-corrected chi connectivity index (χ3v) is 6.11. The molecule has 0 bridgehead atoms. The van der Waals surface area contributed by atoms with Crippen LogP contribution < -0.4 is 15.5 Å². The quantitative estimate of drug-likeness (QED) is 0.497. The van der Waals surface area contributed by atoms with E-state index in [4.69, 9.17) is 11.6 Å². The fourth-order valence-electron chi connectivity index (χ4n) is 4.11. The van der Waals surface area contributed by atoms with Crippen LogP contribution in [0.4, 0.5) is 5.69 Å². The lowest BCUT2D eigenvalue weighted by atomic mass is 9.90. The first kappa shape index (κ1) is 24.0. The van der Waals surface area contributed by atoms with Crippen LogP contribution in [0.2, 0.25) is 5.02 Å². The smallest absolute Gasteiger partial charge is 0.268 e. The predicted molar refractivity (Wildman–Crippen MR) is 132 cm³/mol. The first-order valence-corrected chi connectivity index (χ1v) is 11.0. The maximum absolute atomic E-state index is 12.9. The van der Waals surface area contributed by atoms with Gasteiger partial charge in [0, 0.05) is 53.4 Å². The van der Waals surface area contributed by atoms with Crippen molar-refractivity contribution in [2.75, 3.05) is 19.0 Å². The molecule has 6 nitrogen and oxygen atoms in total. The van der Waals surface area contributed by atoms with Gasteiger partial charge < -0.3 is 20.5 Å². The molecule has 170 valence electrons. The summed E-state index contributed by atoms with van der Waals surface area (Å²) in [6, 6.07) is 14.6. The van der Waals surface area contributed by atoms with Crippen molar-refractivity contribution in [3.8, 4) is 0 Å². The average molecular weight is 475 g/mol. The van der Waals surface area contributed by atoms with Gasteiger partial charge in [0.15, 0.2) is 0 Å². The highest BCUT2D eigenvalue weighted by Gasteiger charge is 2.28. The highest BCUT2D eigenvalue weighted by Crippen LogP contribution is 2.22. The number of carbonyl (C=O) groups excluding carboxylic acids is 2. The van der Waals surface area contributed by atoms with Gasteiger partial charge in [-0.15, -0.1) is 12.4 Å². The summed E-state index contributed by atoms with van der Waals surface area (Å²) in [7, 11) is 3.93. The van der Waals surface area contributed by atoms with Crippen LogP contribution in [0.3, 0.4) is 0 Å². The molecule has 2 atom stereocenters. The monoisotopic (exact) mass is 474 g/mol. The Balaban J connectivity index is 0.00000289. The molecule has 0 unspecified atom stereocenters. The molecule has 1 aromatic heterocycles. The van der Waals surface area contributed by atoms with E-state index >= 15 is 0 Å². The maximum Gasteiger partial charge on any atom is 0.268 e. The SMILES string of the molecule is CN(C)c1ccc(C(=O)N[C@H]2CCCC[C@H]2NC(=O)c2cc3cc(Cl)ccc3[nH]2)cc1.Cl. The fourth-order valence-corrected chi connectivity index (χ4v) is 4.29.